The van der Waals surface area contributed by atoms with Crippen LogP contribution in [0.1, 0.15) is 49.1 Å². The number of rotatable bonds is 3. The van der Waals surface area contributed by atoms with Gasteiger partial charge in [0, 0.05) is 0 Å². The molecule has 0 heteroatoms. The zero-order chi connectivity index (χ0) is 9.80. The molecule has 1 aromatic carbocycles. The van der Waals surface area contributed by atoms with Crippen molar-refractivity contribution in [1.82, 2.24) is 0 Å². The lowest BCUT2D eigenvalue weighted by Crippen LogP contribution is -1.93. The topological polar surface area (TPSA) is 0 Å². The van der Waals surface area contributed by atoms with E-state index >= 15 is 0 Å². The Labute approximate surface area is 87.3 Å². The van der Waals surface area contributed by atoms with Gasteiger partial charge in [0.05, 0.1) is 0 Å². The van der Waals surface area contributed by atoms with Gasteiger partial charge in [-0.3, -0.25) is 0 Å². The van der Waals surface area contributed by atoms with Crippen LogP contribution in [0.25, 0.3) is 0 Å². The van der Waals surface area contributed by atoms with Crippen LogP contribution in [0.15, 0.2) is 24.3 Å². The van der Waals surface area contributed by atoms with Crippen LogP contribution >= 0.6 is 0 Å². The molecular formula is C14H19. The maximum atomic E-state index is 3.91. The van der Waals surface area contributed by atoms with Gasteiger partial charge < -0.3 is 0 Å². The Bertz CT molecular complexity index is 282. The van der Waals surface area contributed by atoms with Crippen molar-refractivity contribution in [3.05, 3.63) is 42.3 Å². The van der Waals surface area contributed by atoms with Crippen LogP contribution in [-0.2, 0) is 6.42 Å². The number of aryl methyl sites for hydroxylation is 1. The normalized spacial score (nSPS) is 17.5. The van der Waals surface area contributed by atoms with E-state index in [1.807, 2.05) is 0 Å². The van der Waals surface area contributed by atoms with Gasteiger partial charge in [-0.1, -0.05) is 44.0 Å². The predicted molar refractivity (Wildman–Crippen MR) is 61.3 cm³/mol. The second kappa shape index (κ2) is 4.63. The van der Waals surface area contributed by atoms with E-state index < -0.39 is 0 Å². The lowest BCUT2D eigenvalue weighted by atomic mass is 9.95. The Kier molecular flexibility index (Phi) is 3.23. The van der Waals surface area contributed by atoms with Crippen molar-refractivity contribution >= 4 is 0 Å². The average Bonchev–Trinajstić information content (AvgIpc) is 2.71. The molecular weight excluding hydrogens is 168 g/mol. The van der Waals surface area contributed by atoms with E-state index in [0.717, 1.165) is 18.8 Å². The molecule has 1 radical (unpaired) electrons. The minimum absolute atomic E-state index is 0.847. The smallest absolute Gasteiger partial charge is 0.0162 e. The zero-order valence-corrected chi connectivity index (χ0v) is 8.84. The molecule has 1 aromatic rings. The first-order chi connectivity index (χ1) is 6.90. The van der Waals surface area contributed by atoms with Gasteiger partial charge in [-0.05, 0) is 42.7 Å². The molecule has 0 aromatic heterocycles. The van der Waals surface area contributed by atoms with Gasteiger partial charge in [-0.15, -0.1) is 0 Å². The van der Waals surface area contributed by atoms with E-state index in [-0.39, 0.29) is 0 Å². The van der Waals surface area contributed by atoms with Crippen LogP contribution in [-0.4, -0.2) is 0 Å². The molecule has 1 aliphatic rings. The van der Waals surface area contributed by atoms with Crippen molar-refractivity contribution in [3.8, 4) is 0 Å². The molecule has 1 saturated carbocycles. The second-order valence-electron chi connectivity index (χ2n) is 4.33. The molecule has 75 valence electrons. The highest BCUT2D eigenvalue weighted by atomic mass is 14.2. The third-order valence-corrected chi connectivity index (χ3v) is 3.24. The summed E-state index contributed by atoms with van der Waals surface area (Å²) in [6.45, 7) is 3.91. The SMILES string of the molecule is [CH2]CCc1cccc(C2CCCC2)c1. The van der Waals surface area contributed by atoms with Gasteiger partial charge >= 0.3 is 0 Å². The summed E-state index contributed by atoms with van der Waals surface area (Å²) in [5, 5.41) is 0. The molecule has 0 N–H and O–H groups in total. The number of hydrogen-bond acceptors (Lipinski definition) is 0. The van der Waals surface area contributed by atoms with Crippen LogP contribution in [0.2, 0.25) is 0 Å². The van der Waals surface area contributed by atoms with Crippen LogP contribution in [0.4, 0.5) is 0 Å². The molecule has 2 rings (SSSR count). The molecule has 0 aliphatic heterocycles. The minimum Gasteiger partial charge on any atom is -0.0617 e. The van der Waals surface area contributed by atoms with Gasteiger partial charge in [-0.25, -0.2) is 0 Å². The molecule has 0 nitrogen and oxygen atoms in total. The molecule has 0 bridgehead atoms. The average molecular weight is 187 g/mol. The molecule has 0 saturated heterocycles. The summed E-state index contributed by atoms with van der Waals surface area (Å²) in [6.07, 6.45) is 7.77. The molecule has 0 spiro atoms. The highest BCUT2D eigenvalue weighted by molar-refractivity contribution is 5.27. The first-order valence-corrected chi connectivity index (χ1v) is 5.78. The minimum atomic E-state index is 0.847. The van der Waals surface area contributed by atoms with Crippen molar-refractivity contribution in [2.45, 2.75) is 44.4 Å². The molecule has 0 amide bonds. The van der Waals surface area contributed by atoms with Gasteiger partial charge in [0.2, 0.25) is 0 Å². The fraction of sp³-hybridized carbons (Fsp3) is 0.500. The van der Waals surface area contributed by atoms with E-state index in [1.165, 1.54) is 31.2 Å². The summed E-state index contributed by atoms with van der Waals surface area (Å²) >= 11 is 0. The van der Waals surface area contributed by atoms with Gasteiger partial charge in [0.15, 0.2) is 0 Å². The summed E-state index contributed by atoms with van der Waals surface area (Å²) in [7, 11) is 0. The lowest BCUT2D eigenvalue weighted by molar-refractivity contribution is 0.721. The first-order valence-electron chi connectivity index (χ1n) is 5.78. The Balaban J connectivity index is 2.12. The molecule has 14 heavy (non-hydrogen) atoms. The Morgan fingerprint density at radius 3 is 2.71 bits per heavy atom. The maximum Gasteiger partial charge on any atom is -0.0162 e. The van der Waals surface area contributed by atoms with Crippen molar-refractivity contribution in [1.29, 1.82) is 0 Å². The van der Waals surface area contributed by atoms with Gasteiger partial charge in [0.25, 0.3) is 0 Å². The molecule has 0 atom stereocenters. The Morgan fingerprint density at radius 1 is 1.21 bits per heavy atom. The van der Waals surface area contributed by atoms with Crippen LogP contribution < -0.4 is 0 Å². The Hall–Kier alpha value is -0.780. The fourth-order valence-electron chi connectivity index (χ4n) is 2.47. The highest BCUT2D eigenvalue weighted by Gasteiger charge is 2.16. The number of hydrogen-bond donors (Lipinski definition) is 0. The zero-order valence-electron chi connectivity index (χ0n) is 8.84. The summed E-state index contributed by atoms with van der Waals surface area (Å²) in [5.41, 5.74) is 3.03. The van der Waals surface area contributed by atoms with E-state index in [1.54, 1.807) is 5.56 Å². The van der Waals surface area contributed by atoms with E-state index in [9.17, 15) is 0 Å². The van der Waals surface area contributed by atoms with Crippen molar-refractivity contribution in [2.24, 2.45) is 0 Å². The largest absolute Gasteiger partial charge is 0.0617 e. The van der Waals surface area contributed by atoms with Gasteiger partial charge in [-0.2, -0.15) is 0 Å². The third-order valence-electron chi connectivity index (χ3n) is 3.24. The second-order valence-corrected chi connectivity index (χ2v) is 4.33. The monoisotopic (exact) mass is 187 g/mol. The van der Waals surface area contributed by atoms with Crippen molar-refractivity contribution in [3.63, 3.8) is 0 Å². The van der Waals surface area contributed by atoms with Crippen molar-refractivity contribution < 1.29 is 0 Å². The van der Waals surface area contributed by atoms with E-state index in [2.05, 4.69) is 31.2 Å². The fourth-order valence-corrected chi connectivity index (χ4v) is 2.47. The maximum absolute atomic E-state index is 3.91. The molecule has 1 fully saturated rings. The van der Waals surface area contributed by atoms with Crippen molar-refractivity contribution in [2.75, 3.05) is 0 Å². The first kappa shape index (κ1) is 9.76. The Morgan fingerprint density at radius 2 is 2.00 bits per heavy atom. The standard InChI is InChI=1S/C14H19/c1-2-6-12-7-5-10-14(11-12)13-8-3-4-9-13/h5,7,10-11,13H,1-4,6,8-9H2. The third kappa shape index (κ3) is 2.17. The molecule has 1 aliphatic carbocycles. The molecule has 0 unspecified atom stereocenters. The summed E-state index contributed by atoms with van der Waals surface area (Å²) < 4.78 is 0. The van der Waals surface area contributed by atoms with Crippen LogP contribution in [0.3, 0.4) is 0 Å². The molecule has 0 heterocycles. The predicted octanol–water partition coefficient (Wildman–Crippen LogP) is 4.11. The summed E-state index contributed by atoms with van der Waals surface area (Å²) in [6, 6.07) is 9.12. The van der Waals surface area contributed by atoms with Gasteiger partial charge in [0.1, 0.15) is 0 Å². The quantitative estimate of drug-likeness (QED) is 0.668. The summed E-state index contributed by atoms with van der Waals surface area (Å²) in [5.74, 6) is 0.847. The lowest BCUT2D eigenvalue weighted by Gasteiger charge is -2.10. The summed E-state index contributed by atoms with van der Waals surface area (Å²) in [4.78, 5) is 0. The van der Waals surface area contributed by atoms with E-state index in [0.29, 0.717) is 0 Å². The van der Waals surface area contributed by atoms with Crippen LogP contribution in [0.5, 0.6) is 0 Å². The van der Waals surface area contributed by atoms with E-state index in [4.69, 9.17) is 0 Å². The highest BCUT2D eigenvalue weighted by Crippen LogP contribution is 2.34. The number of benzene rings is 1. The van der Waals surface area contributed by atoms with Crippen LogP contribution in [0, 0.1) is 6.92 Å².